The molecule has 0 saturated carbocycles. The van der Waals surface area contributed by atoms with Crippen molar-refractivity contribution in [2.75, 3.05) is 39.3 Å². The van der Waals surface area contributed by atoms with Crippen molar-refractivity contribution in [3.05, 3.63) is 23.3 Å². The Morgan fingerprint density at radius 3 is 2.68 bits per heavy atom. The zero-order chi connectivity index (χ0) is 17.6. The molecule has 4 nitrogen and oxygen atoms in total. The number of fused-ring (bicyclic) bond motifs is 2. The Labute approximate surface area is 151 Å². The zero-order valence-electron chi connectivity index (χ0n) is 16.0. The molecule has 0 aromatic carbocycles. The van der Waals surface area contributed by atoms with Crippen LogP contribution in [0.15, 0.2) is 23.3 Å². The highest BCUT2D eigenvalue weighted by molar-refractivity contribution is 5.76. The van der Waals surface area contributed by atoms with E-state index >= 15 is 0 Å². The average Bonchev–Trinajstić information content (AvgIpc) is 2.88. The summed E-state index contributed by atoms with van der Waals surface area (Å²) in [6.07, 6.45) is 8.20. The molecule has 4 heteroatoms. The zero-order valence-corrected chi connectivity index (χ0v) is 16.0. The van der Waals surface area contributed by atoms with Gasteiger partial charge in [-0.05, 0) is 43.7 Å². The number of carbonyl (C=O) groups excluding carboxylic acids is 1. The molecular weight excluding hydrogens is 312 g/mol. The average molecular weight is 344 g/mol. The monoisotopic (exact) mass is 344 g/mol. The van der Waals surface area contributed by atoms with Gasteiger partial charge < -0.3 is 9.64 Å². The molecule has 0 aromatic rings. The second kappa shape index (κ2) is 6.55. The van der Waals surface area contributed by atoms with Crippen molar-refractivity contribution in [3.8, 4) is 0 Å². The molecule has 0 amide bonds. The van der Waals surface area contributed by atoms with Crippen LogP contribution in [0.25, 0.3) is 0 Å². The van der Waals surface area contributed by atoms with E-state index in [0.717, 1.165) is 52.1 Å². The van der Waals surface area contributed by atoms with E-state index in [2.05, 4.69) is 42.7 Å². The van der Waals surface area contributed by atoms with Crippen molar-refractivity contribution in [1.82, 2.24) is 9.80 Å². The number of carbonyl (C=O) groups is 1. The van der Waals surface area contributed by atoms with Crippen molar-refractivity contribution < 1.29 is 9.53 Å². The maximum absolute atomic E-state index is 12.6. The van der Waals surface area contributed by atoms with Crippen LogP contribution in [-0.2, 0) is 9.53 Å². The summed E-state index contributed by atoms with van der Waals surface area (Å²) >= 11 is 0. The number of hydrogen-bond acceptors (Lipinski definition) is 4. The van der Waals surface area contributed by atoms with Crippen LogP contribution in [0.5, 0.6) is 0 Å². The summed E-state index contributed by atoms with van der Waals surface area (Å²) < 4.78 is 5.87. The van der Waals surface area contributed by atoms with E-state index in [0.29, 0.717) is 0 Å². The lowest BCUT2D eigenvalue weighted by Crippen LogP contribution is -2.48. The molecule has 4 atom stereocenters. The van der Waals surface area contributed by atoms with Gasteiger partial charge in [-0.1, -0.05) is 31.6 Å². The quantitative estimate of drug-likeness (QED) is 0.737. The number of nitrogens with zero attached hydrogens (tertiary/aromatic N) is 2. The fourth-order valence-electron chi connectivity index (χ4n) is 5.40. The molecule has 0 spiro atoms. The summed E-state index contributed by atoms with van der Waals surface area (Å²) in [4.78, 5) is 17.6. The van der Waals surface area contributed by atoms with Gasteiger partial charge in [0.2, 0.25) is 0 Å². The van der Waals surface area contributed by atoms with E-state index in [-0.39, 0.29) is 29.3 Å². The standard InChI is InChI=1S/C21H32N2O2/c1-4-22-8-10-23(11-9-22)14-17-16-12-18-15(2)6-5-7-21(18,3)13-19(16)25-20(17)24/h6,12,16-17,19H,4-5,7-11,13-14H2,1-3H3. The van der Waals surface area contributed by atoms with Gasteiger partial charge in [-0.25, -0.2) is 0 Å². The molecule has 0 radical (unpaired) electrons. The minimum atomic E-state index is 0.0185. The molecule has 4 unspecified atom stereocenters. The SMILES string of the molecule is CCN1CCN(CC2C(=O)OC3CC4(C)CCC=C(C)C4=CC32)CC1. The van der Waals surface area contributed by atoms with Crippen molar-refractivity contribution in [3.63, 3.8) is 0 Å². The third-order valence-corrected chi connectivity index (χ3v) is 7.06. The summed E-state index contributed by atoms with van der Waals surface area (Å²) in [7, 11) is 0. The van der Waals surface area contributed by atoms with Gasteiger partial charge in [-0.2, -0.15) is 0 Å². The number of rotatable bonds is 3. The van der Waals surface area contributed by atoms with Crippen molar-refractivity contribution in [2.24, 2.45) is 17.3 Å². The van der Waals surface area contributed by atoms with Crippen LogP contribution < -0.4 is 0 Å². The third kappa shape index (κ3) is 3.08. The maximum atomic E-state index is 12.6. The van der Waals surface area contributed by atoms with E-state index in [1.165, 1.54) is 17.6 Å². The second-order valence-electron chi connectivity index (χ2n) is 8.66. The Morgan fingerprint density at radius 2 is 1.96 bits per heavy atom. The topological polar surface area (TPSA) is 32.8 Å². The van der Waals surface area contributed by atoms with Crippen LogP contribution in [0, 0.1) is 17.3 Å². The van der Waals surface area contributed by atoms with E-state index < -0.39 is 0 Å². The van der Waals surface area contributed by atoms with Gasteiger partial charge >= 0.3 is 5.97 Å². The van der Waals surface area contributed by atoms with Crippen LogP contribution in [0.3, 0.4) is 0 Å². The summed E-state index contributed by atoms with van der Waals surface area (Å²) in [6, 6.07) is 0. The Balaban J connectivity index is 1.51. The highest BCUT2D eigenvalue weighted by Crippen LogP contribution is 2.52. The van der Waals surface area contributed by atoms with E-state index in [4.69, 9.17) is 4.74 Å². The van der Waals surface area contributed by atoms with Crippen molar-refractivity contribution in [1.29, 1.82) is 0 Å². The number of hydrogen-bond donors (Lipinski definition) is 0. The summed E-state index contributed by atoms with van der Waals surface area (Å²) in [5.41, 5.74) is 3.10. The predicted octanol–water partition coefficient (Wildman–Crippen LogP) is 2.86. The molecule has 2 aliphatic carbocycles. The largest absolute Gasteiger partial charge is 0.461 e. The van der Waals surface area contributed by atoms with E-state index in [9.17, 15) is 4.79 Å². The fourth-order valence-corrected chi connectivity index (χ4v) is 5.40. The number of likely N-dealkylation sites (N-methyl/N-ethyl adjacent to an activating group) is 1. The van der Waals surface area contributed by atoms with Crippen LogP contribution in [0.1, 0.15) is 40.0 Å². The van der Waals surface area contributed by atoms with Gasteiger partial charge in [0.1, 0.15) is 6.10 Å². The van der Waals surface area contributed by atoms with E-state index in [1.54, 1.807) is 0 Å². The Morgan fingerprint density at radius 1 is 1.24 bits per heavy atom. The number of esters is 1. The Kier molecular flexibility index (Phi) is 4.53. The highest BCUT2D eigenvalue weighted by Gasteiger charge is 2.51. The third-order valence-electron chi connectivity index (χ3n) is 7.06. The van der Waals surface area contributed by atoms with Crippen LogP contribution >= 0.6 is 0 Å². The Bertz CT molecular complexity index is 603. The molecule has 2 aliphatic heterocycles. The highest BCUT2D eigenvalue weighted by atomic mass is 16.6. The first-order chi connectivity index (χ1) is 12.0. The minimum Gasteiger partial charge on any atom is -0.461 e. The van der Waals surface area contributed by atoms with Crippen molar-refractivity contribution in [2.45, 2.75) is 46.1 Å². The van der Waals surface area contributed by atoms with Gasteiger partial charge in [0.05, 0.1) is 5.92 Å². The molecule has 138 valence electrons. The van der Waals surface area contributed by atoms with Gasteiger partial charge in [0.15, 0.2) is 0 Å². The predicted molar refractivity (Wildman–Crippen MR) is 99.2 cm³/mol. The van der Waals surface area contributed by atoms with Gasteiger partial charge in [-0.3, -0.25) is 9.69 Å². The fraction of sp³-hybridized carbons (Fsp3) is 0.762. The molecule has 0 bridgehead atoms. The lowest BCUT2D eigenvalue weighted by atomic mass is 9.62. The lowest BCUT2D eigenvalue weighted by molar-refractivity contribution is -0.145. The maximum Gasteiger partial charge on any atom is 0.311 e. The molecule has 2 heterocycles. The van der Waals surface area contributed by atoms with Gasteiger partial charge in [0, 0.05) is 38.6 Å². The Hall–Kier alpha value is -1.13. The number of piperazine rings is 1. The lowest BCUT2D eigenvalue weighted by Gasteiger charge is -2.43. The first-order valence-electron chi connectivity index (χ1n) is 10.0. The second-order valence-corrected chi connectivity index (χ2v) is 8.66. The van der Waals surface area contributed by atoms with Gasteiger partial charge in [-0.15, -0.1) is 0 Å². The first kappa shape index (κ1) is 17.3. The molecule has 0 N–H and O–H groups in total. The van der Waals surface area contributed by atoms with Crippen molar-refractivity contribution >= 4 is 5.97 Å². The smallest absolute Gasteiger partial charge is 0.311 e. The minimum absolute atomic E-state index is 0.0185. The van der Waals surface area contributed by atoms with Gasteiger partial charge in [0.25, 0.3) is 0 Å². The van der Waals surface area contributed by atoms with Crippen LogP contribution in [-0.4, -0.2) is 61.1 Å². The molecule has 2 fully saturated rings. The first-order valence-corrected chi connectivity index (χ1v) is 10.0. The molecule has 4 rings (SSSR count). The summed E-state index contributed by atoms with van der Waals surface area (Å²) in [6.45, 7) is 13.2. The summed E-state index contributed by atoms with van der Waals surface area (Å²) in [5, 5.41) is 0. The number of ether oxygens (including phenoxy) is 1. The van der Waals surface area contributed by atoms with Crippen LogP contribution in [0.2, 0.25) is 0 Å². The molecule has 0 aromatic heterocycles. The summed E-state index contributed by atoms with van der Waals surface area (Å²) in [5.74, 6) is 0.319. The molecule has 4 aliphatic rings. The van der Waals surface area contributed by atoms with Crippen LogP contribution in [0.4, 0.5) is 0 Å². The normalized spacial score (nSPS) is 39.3. The molecular formula is C21H32N2O2. The number of allylic oxidation sites excluding steroid dienone is 3. The molecule has 25 heavy (non-hydrogen) atoms. The molecule has 2 saturated heterocycles. The van der Waals surface area contributed by atoms with E-state index in [1.807, 2.05) is 0 Å².